The lowest BCUT2D eigenvalue weighted by atomic mass is 9.79. The minimum atomic E-state index is -0.611. The molecule has 2 rings (SSSR count). The average molecular weight is 272 g/mol. The quantitative estimate of drug-likeness (QED) is 0.865. The van der Waals surface area contributed by atoms with E-state index in [0.717, 1.165) is 24.8 Å². The van der Waals surface area contributed by atoms with Gasteiger partial charge in [-0.25, -0.2) is 0 Å². The largest absolute Gasteiger partial charge is 0.389 e. The summed E-state index contributed by atoms with van der Waals surface area (Å²) in [6, 6.07) is 12.2. The van der Waals surface area contributed by atoms with Crippen molar-refractivity contribution in [3.63, 3.8) is 0 Å². The Morgan fingerprint density at radius 3 is 2.85 bits per heavy atom. The minimum absolute atomic E-state index is 0.00228. The molecule has 0 heterocycles. The second-order valence-corrected chi connectivity index (χ2v) is 6.13. The Morgan fingerprint density at radius 1 is 1.45 bits per heavy atom. The van der Waals surface area contributed by atoms with Crippen molar-refractivity contribution < 1.29 is 5.11 Å². The van der Waals surface area contributed by atoms with Crippen LogP contribution in [0, 0.1) is 17.2 Å². The van der Waals surface area contributed by atoms with Crippen molar-refractivity contribution in [3.8, 4) is 6.07 Å². The van der Waals surface area contributed by atoms with Gasteiger partial charge in [0.2, 0.25) is 0 Å². The minimum Gasteiger partial charge on any atom is -0.389 e. The maximum atomic E-state index is 10.7. The van der Waals surface area contributed by atoms with E-state index >= 15 is 0 Å². The molecule has 3 nitrogen and oxygen atoms in total. The van der Waals surface area contributed by atoms with E-state index in [2.05, 4.69) is 18.3 Å². The third kappa shape index (κ3) is 4.06. The second-order valence-electron chi connectivity index (χ2n) is 6.13. The summed E-state index contributed by atoms with van der Waals surface area (Å²) in [6.07, 6.45) is 4.44. The number of aliphatic hydroxyl groups is 1. The van der Waals surface area contributed by atoms with Crippen LogP contribution in [0.1, 0.15) is 50.6 Å². The maximum Gasteiger partial charge on any atom is 0.0774 e. The molecule has 1 fully saturated rings. The molecule has 1 aliphatic carbocycles. The first kappa shape index (κ1) is 15.0. The Balaban J connectivity index is 1.97. The smallest absolute Gasteiger partial charge is 0.0774 e. The molecule has 2 N–H and O–H groups in total. The number of benzene rings is 1. The molecule has 1 aliphatic rings. The second kappa shape index (κ2) is 6.88. The van der Waals surface area contributed by atoms with Gasteiger partial charge in [0, 0.05) is 12.6 Å². The van der Waals surface area contributed by atoms with Crippen molar-refractivity contribution in [3.05, 3.63) is 35.9 Å². The molecule has 0 radical (unpaired) electrons. The molecule has 3 heteroatoms. The normalized spacial score (nSPS) is 27.8. The van der Waals surface area contributed by atoms with Crippen molar-refractivity contribution in [2.24, 2.45) is 5.92 Å². The molecular formula is C17H24N2O. The zero-order valence-electron chi connectivity index (χ0n) is 12.2. The molecule has 0 aromatic heterocycles. The average Bonchev–Trinajstić information content (AvgIpc) is 2.44. The number of nitrogens with one attached hydrogen (secondary N) is 1. The Hall–Kier alpha value is -1.37. The summed E-state index contributed by atoms with van der Waals surface area (Å²) in [7, 11) is 0. The van der Waals surface area contributed by atoms with Crippen molar-refractivity contribution >= 4 is 0 Å². The van der Waals surface area contributed by atoms with E-state index < -0.39 is 5.60 Å². The van der Waals surface area contributed by atoms with Crippen LogP contribution in [0.4, 0.5) is 0 Å². The lowest BCUT2D eigenvalue weighted by Gasteiger charge is -2.36. The van der Waals surface area contributed by atoms with E-state index in [4.69, 9.17) is 5.26 Å². The number of nitrogens with zero attached hydrogens (tertiary/aromatic N) is 1. The number of nitriles is 1. The summed E-state index contributed by atoms with van der Waals surface area (Å²) >= 11 is 0. The number of hydrogen-bond acceptors (Lipinski definition) is 3. The molecule has 3 unspecified atom stereocenters. The Kier molecular flexibility index (Phi) is 5.17. The number of rotatable bonds is 5. The Bertz CT molecular complexity index is 454. The highest BCUT2D eigenvalue weighted by Gasteiger charge is 2.32. The molecular weight excluding hydrogens is 248 g/mol. The first-order chi connectivity index (χ1) is 9.63. The van der Waals surface area contributed by atoms with Crippen LogP contribution >= 0.6 is 0 Å². The van der Waals surface area contributed by atoms with E-state index in [9.17, 15) is 5.11 Å². The molecule has 108 valence electrons. The SMILES string of the molecule is CC1CCCC(O)(CNC(CC#N)c2ccccc2)C1. The molecule has 0 amide bonds. The fraction of sp³-hybridized carbons (Fsp3) is 0.588. The highest BCUT2D eigenvalue weighted by Crippen LogP contribution is 2.32. The topological polar surface area (TPSA) is 56.0 Å². The lowest BCUT2D eigenvalue weighted by molar-refractivity contribution is -0.0137. The van der Waals surface area contributed by atoms with Crippen LogP contribution in [0.25, 0.3) is 0 Å². The van der Waals surface area contributed by atoms with Gasteiger partial charge >= 0.3 is 0 Å². The molecule has 0 saturated heterocycles. The van der Waals surface area contributed by atoms with Gasteiger partial charge < -0.3 is 10.4 Å². The predicted molar refractivity (Wildman–Crippen MR) is 80.0 cm³/mol. The standard InChI is InChI=1S/C17H24N2O/c1-14-6-5-10-17(20,12-14)13-19-16(9-11-18)15-7-3-2-4-8-15/h2-4,7-8,14,16,19-20H,5-6,9-10,12-13H2,1H3. The molecule has 0 spiro atoms. The monoisotopic (exact) mass is 272 g/mol. The summed E-state index contributed by atoms with van der Waals surface area (Å²) in [5.41, 5.74) is 0.502. The van der Waals surface area contributed by atoms with Crippen LogP contribution in [0.2, 0.25) is 0 Å². The van der Waals surface area contributed by atoms with Gasteiger partial charge in [0.15, 0.2) is 0 Å². The zero-order valence-corrected chi connectivity index (χ0v) is 12.2. The van der Waals surface area contributed by atoms with E-state index in [1.807, 2.05) is 30.3 Å². The van der Waals surface area contributed by atoms with Gasteiger partial charge in [0.25, 0.3) is 0 Å². The van der Waals surface area contributed by atoms with Gasteiger partial charge in [-0.1, -0.05) is 50.1 Å². The number of hydrogen-bond donors (Lipinski definition) is 2. The van der Waals surface area contributed by atoms with E-state index in [1.54, 1.807) is 0 Å². The third-order valence-electron chi connectivity index (χ3n) is 4.24. The van der Waals surface area contributed by atoms with Crippen LogP contribution in [-0.4, -0.2) is 17.3 Å². The van der Waals surface area contributed by atoms with E-state index in [1.165, 1.54) is 6.42 Å². The summed E-state index contributed by atoms with van der Waals surface area (Å²) in [5.74, 6) is 0.585. The fourth-order valence-electron chi connectivity index (χ4n) is 3.19. The highest BCUT2D eigenvalue weighted by atomic mass is 16.3. The Morgan fingerprint density at radius 2 is 2.20 bits per heavy atom. The molecule has 3 atom stereocenters. The van der Waals surface area contributed by atoms with Crippen LogP contribution in [0.5, 0.6) is 0 Å². The first-order valence-electron chi connectivity index (χ1n) is 7.51. The molecule has 1 aromatic carbocycles. The summed E-state index contributed by atoms with van der Waals surface area (Å²) in [6.45, 7) is 2.77. The van der Waals surface area contributed by atoms with Crippen molar-refractivity contribution in [1.82, 2.24) is 5.32 Å². The molecule has 1 saturated carbocycles. The van der Waals surface area contributed by atoms with Gasteiger partial charge in [-0.3, -0.25) is 0 Å². The molecule has 0 aliphatic heterocycles. The van der Waals surface area contributed by atoms with Crippen LogP contribution in [0.15, 0.2) is 30.3 Å². The highest BCUT2D eigenvalue weighted by molar-refractivity contribution is 5.20. The predicted octanol–water partition coefficient (Wildman–Crippen LogP) is 3.17. The molecule has 0 bridgehead atoms. The van der Waals surface area contributed by atoms with Gasteiger partial charge in [-0.15, -0.1) is 0 Å². The third-order valence-corrected chi connectivity index (χ3v) is 4.24. The summed E-state index contributed by atoms with van der Waals surface area (Å²) in [4.78, 5) is 0. The van der Waals surface area contributed by atoms with Gasteiger partial charge in [-0.05, 0) is 24.3 Å². The summed E-state index contributed by atoms with van der Waals surface area (Å²) < 4.78 is 0. The van der Waals surface area contributed by atoms with Crippen molar-refractivity contribution in [2.75, 3.05) is 6.54 Å². The molecule has 20 heavy (non-hydrogen) atoms. The van der Waals surface area contributed by atoms with Crippen LogP contribution < -0.4 is 5.32 Å². The van der Waals surface area contributed by atoms with Gasteiger partial charge in [0.05, 0.1) is 18.1 Å². The van der Waals surface area contributed by atoms with Crippen molar-refractivity contribution in [2.45, 2.75) is 50.7 Å². The van der Waals surface area contributed by atoms with Crippen LogP contribution in [0.3, 0.4) is 0 Å². The van der Waals surface area contributed by atoms with Gasteiger partial charge in [0.1, 0.15) is 0 Å². The molecule has 1 aromatic rings. The van der Waals surface area contributed by atoms with Gasteiger partial charge in [-0.2, -0.15) is 5.26 Å². The zero-order chi connectivity index (χ0) is 14.4. The lowest BCUT2D eigenvalue weighted by Crippen LogP contribution is -2.45. The Labute approximate surface area is 121 Å². The first-order valence-corrected chi connectivity index (χ1v) is 7.51. The summed E-state index contributed by atoms with van der Waals surface area (Å²) in [5, 5.41) is 23.0. The maximum absolute atomic E-state index is 10.7. The fourth-order valence-corrected chi connectivity index (χ4v) is 3.19. The van der Waals surface area contributed by atoms with Crippen molar-refractivity contribution in [1.29, 1.82) is 5.26 Å². The van der Waals surface area contributed by atoms with E-state index in [0.29, 0.717) is 18.9 Å². The van der Waals surface area contributed by atoms with Crippen LogP contribution in [-0.2, 0) is 0 Å². The van der Waals surface area contributed by atoms with E-state index in [-0.39, 0.29) is 6.04 Å².